The van der Waals surface area contributed by atoms with Crippen molar-refractivity contribution in [3.05, 3.63) is 5.51 Å². The van der Waals surface area contributed by atoms with Gasteiger partial charge in [-0.25, -0.2) is 0 Å². The van der Waals surface area contributed by atoms with E-state index in [1.807, 2.05) is 0 Å². The Labute approximate surface area is 109 Å². The fourth-order valence-electron chi connectivity index (χ4n) is 1.31. The first kappa shape index (κ1) is 14.4. The highest BCUT2D eigenvalue weighted by molar-refractivity contribution is 8.00. The Morgan fingerprint density at radius 2 is 2.41 bits per heavy atom. The molecule has 0 amide bonds. The van der Waals surface area contributed by atoms with Gasteiger partial charge in [-0.05, 0) is 19.8 Å². The molecule has 1 heterocycles. The molecular formula is C10H17N3O2S2. The third kappa shape index (κ3) is 5.01. The number of methoxy groups -OCH3 is 1. The fourth-order valence-corrected chi connectivity index (χ4v) is 2.87. The normalized spacial score (nSPS) is 14.3. The molecule has 0 saturated carbocycles. The van der Waals surface area contributed by atoms with Crippen molar-refractivity contribution < 1.29 is 9.53 Å². The number of nitrogens with zero attached hydrogens (tertiary/aromatic N) is 2. The minimum absolute atomic E-state index is 0.353. The van der Waals surface area contributed by atoms with E-state index in [0.717, 1.165) is 22.9 Å². The third-order valence-electron chi connectivity index (χ3n) is 2.31. The molecule has 17 heavy (non-hydrogen) atoms. The molecule has 0 spiro atoms. The molecule has 0 bridgehead atoms. The maximum absolute atomic E-state index is 11.3. The zero-order valence-electron chi connectivity index (χ0n) is 10.0. The van der Waals surface area contributed by atoms with Crippen LogP contribution < -0.4 is 5.73 Å². The van der Waals surface area contributed by atoms with Crippen LogP contribution in [0, 0.1) is 0 Å². The van der Waals surface area contributed by atoms with Crippen molar-refractivity contribution in [3.63, 3.8) is 0 Å². The van der Waals surface area contributed by atoms with Crippen LogP contribution in [0.1, 0.15) is 26.2 Å². The van der Waals surface area contributed by atoms with Crippen molar-refractivity contribution in [2.45, 2.75) is 36.1 Å². The van der Waals surface area contributed by atoms with Crippen LogP contribution in [0.15, 0.2) is 9.85 Å². The summed E-state index contributed by atoms with van der Waals surface area (Å²) in [6, 6.07) is 0. The van der Waals surface area contributed by atoms with Crippen molar-refractivity contribution in [1.29, 1.82) is 0 Å². The average molecular weight is 275 g/mol. The monoisotopic (exact) mass is 275 g/mol. The molecule has 0 radical (unpaired) electrons. The standard InChI is InChI=1S/C10H17N3O2S2/c1-10(11,8(14)15-2)5-3-4-6-16-9-13-12-7-17-9/h7H,3-6,11H2,1-2H3. The summed E-state index contributed by atoms with van der Waals surface area (Å²) in [5.74, 6) is 0.612. The number of esters is 1. The van der Waals surface area contributed by atoms with Gasteiger partial charge in [-0.1, -0.05) is 29.5 Å². The van der Waals surface area contributed by atoms with Crippen LogP contribution in [-0.4, -0.2) is 34.6 Å². The van der Waals surface area contributed by atoms with Gasteiger partial charge < -0.3 is 10.5 Å². The minimum Gasteiger partial charge on any atom is -0.468 e. The average Bonchev–Trinajstić information content (AvgIpc) is 2.80. The second-order valence-corrected chi connectivity index (χ2v) is 6.09. The van der Waals surface area contributed by atoms with Crippen molar-refractivity contribution in [1.82, 2.24) is 10.2 Å². The lowest BCUT2D eigenvalue weighted by atomic mass is 9.97. The highest BCUT2D eigenvalue weighted by atomic mass is 32.2. The summed E-state index contributed by atoms with van der Waals surface area (Å²) < 4.78 is 5.63. The molecule has 5 nitrogen and oxygen atoms in total. The Morgan fingerprint density at radius 3 is 3.00 bits per heavy atom. The summed E-state index contributed by atoms with van der Waals surface area (Å²) in [5, 5.41) is 7.70. The highest BCUT2D eigenvalue weighted by Crippen LogP contribution is 2.21. The van der Waals surface area contributed by atoms with Gasteiger partial charge in [0.2, 0.25) is 0 Å². The molecule has 96 valence electrons. The molecule has 0 aliphatic rings. The number of thioether (sulfide) groups is 1. The van der Waals surface area contributed by atoms with Crippen molar-refractivity contribution in [3.8, 4) is 0 Å². The van der Waals surface area contributed by atoms with Gasteiger partial charge in [-0.2, -0.15) is 0 Å². The Balaban J connectivity index is 2.13. The molecule has 0 saturated heterocycles. The zero-order chi connectivity index (χ0) is 12.7. The van der Waals surface area contributed by atoms with Crippen LogP contribution in [0.3, 0.4) is 0 Å². The second kappa shape index (κ2) is 6.93. The maximum Gasteiger partial charge on any atom is 0.325 e. The molecule has 1 aromatic rings. The number of unbranched alkanes of at least 4 members (excludes halogenated alkanes) is 1. The lowest BCUT2D eigenvalue weighted by molar-refractivity contribution is -0.146. The predicted octanol–water partition coefficient (Wildman–Crippen LogP) is 1.69. The SMILES string of the molecule is COC(=O)C(C)(N)CCCCSc1nncs1. The Bertz CT molecular complexity index is 341. The van der Waals surface area contributed by atoms with Gasteiger partial charge in [0.1, 0.15) is 11.0 Å². The maximum atomic E-state index is 11.3. The van der Waals surface area contributed by atoms with Gasteiger partial charge in [0.05, 0.1) is 7.11 Å². The first-order chi connectivity index (χ1) is 8.06. The molecule has 7 heteroatoms. The molecule has 0 aromatic carbocycles. The van der Waals surface area contributed by atoms with Crippen molar-refractivity contribution >= 4 is 29.1 Å². The molecule has 0 aliphatic heterocycles. The summed E-state index contributed by atoms with van der Waals surface area (Å²) in [6.07, 6.45) is 2.53. The second-order valence-electron chi connectivity index (χ2n) is 3.92. The number of carbonyl (C=O) groups excluding carboxylic acids is 1. The van der Waals surface area contributed by atoms with Gasteiger partial charge in [0.25, 0.3) is 0 Å². The van der Waals surface area contributed by atoms with Gasteiger partial charge in [-0.3, -0.25) is 4.79 Å². The van der Waals surface area contributed by atoms with Crippen LogP contribution >= 0.6 is 23.1 Å². The number of hydrogen-bond donors (Lipinski definition) is 1. The Hall–Kier alpha value is -0.660. The van der Waals surface area contributed by atoms with E-state index < -0.39 is 5.54 Å². The summed E-state index contributed by atoms with van der Waals surface area (Å²) in [4.78, 5) is 11.3. The quantitative estimate of drug-likeness (QED) is 0.463. The fraction of sp³-hybridized carbons (Fsp3) is 0.700. The van der Waals surface area contributed by atoms with Gasteiger partial charge >= 0.3 is 5.97 Å². The van der Waals surface area contributed by atoms with E-state index in [-0.39, 0.29) is 5.97 Å². The smallest absolute Gasteiger partial charge is 0.325 e. The first-order valence-corrected chi connectivity index (χ1v) is 7.19. The zero-order valence-corrected chi connectivity index (χ0v) is 11.6. The number of ether oxygens (including phenoxy) is 1. The number of carbonyl (C=O) groups is 1. The highest BCUT2D eigenvalue weighted by Gasteiger charge is 2.28. The van der Waals surface area contributed by atoms with Crippen LogP contribution in [-0.2, 0) is 9.53 Å². The number of rotatable bonds is 7. The lowest BCUT2D eigenvalue weighted by Crippen LogP contribution is -2.45. The predicted molar refractivity (Wildman–Crippen MR) is 69.1 cm³/mol. The number of nitrogens with two attached hydrogens (primary N) is 1. The van der Waals surface area contributed by atoms with E-state index in [2.05, 4.69) is 14.9 Å². The molecule has 1 atom stereocenters. The van der Waals surface area contributed by atoms with Crippen LogP contribution in [0.4, 0.5) is 0 Å². The van der Waals surface area contributed by atoms with Crippen LogP contribution in [0.25, 0.3) is 0 Å². The lowest BCUT2D eigenvalue weighted by Gasteiger charge is -2.20. The van der Waals surface area contributed by atoms with Gasteiger partial charge in [-0.15, -0.1) is 10.2 Å². The van der Waals surface area contributed by atoms with E-state index in [1.165, 1.54) is 18.4 Å². The Kier molecular flexibility index (Phi) is 5.87. The molecular weight excluding hydrogens is 258 g/mol. The van der Waals surface area contributed by atoms with Gasteiger partial charge in [0.15, 0.2) is 4.34 Å². The molecule has 2 N–H and O–H groups in total. The molecule has 0 aliphatic carbocycles. The Morgan fingerprint density at radius 1 is 1.65 bits per heavy atom. The summed E-state index contributed by atoms with van der Waals surface area (Å²) in [6.45, 7) is 1.71. The van der Waals surface area contributed by atoms with E-state index in [9.17, 15) is 4.79 Å². The topological polar surface area (TPSA) is 78.1 Å². The van der Waals surface area contributed by atoms with Gasteiger partial charge in [0, 0.05) is 5.75 Å². The van der Waals surface area contributed by atoms with E-state index in [0.29, 0.717) is 6.42 Å². The largest absolute Gasteiger partial charge is 0.468 e. The van der Waals surface area contributed by atoms with Crippen LogP contribution in [0.5, 0.6) is 0 Å². The first-order valence-electron chi connectivity index (χ1n) is 5.32. The van der Waals surface area contributed by atoms with Crippen LogP contribution in [0.2, 0.25) is 0 Å². The number of aromatic nitrogens is 2. The van der Waals surface area contributed by atoms with E-state index in [1.54, 1.807) is 24.2 Å². The summed E-state index contributed by atoms with van der Waals surface area (Å²) in [7, 11) is 1.36. The van der Waals surface area contributed by atoms with Crippen molar-refractivity contribution in [2.24, 2.45) is 5.73 Å². The van der Waals surface area contributed by atoms with E-state index >= 15 is 0 Å². The molecule has 1 rings (SSSR count). The van der Waals surface area contributed by atoms with E-state index in [4.69, 9.17) is 5.73 Å². The summed E-state index contributed by atoms with van der Waals surface area (Å²) in [5.41, 5.74) is 6.69. The number of hydrogen-bond acceptors (Lipinski definition) is 7. The van der Waals surface area contributed by atoms with Crippen molar-refractivity contribution in [2.75, 3.05) is 12.9 Å². The molecule has 1 aromatic heterocycles. The molecule has 0 fully saturated rings. The third-order valence-corrected chi connectivity index (χ3v) is 4.25. The molecule has 1 unspecified atom stereocenters. The summed E-state index contributed by atoms with van der Waals surface area (Å²) >= 11 is 3.22. The minimum atomic E-state index is -0.873.